The van der Waals surface area contributed by atoms with Crippen LogP contribution in [0.25, 0.3) is 0 Å². The molecule has 0 fully saturated rings. The zero-order chi connectivity index (χ0) is 17.4. The number of carbonyl (C=O) groups is 2. The molecule has 126 valence electrons. The summed E-state index contributed by atoms with van der Waals surface area (Å²) in [6.07, 6.45) is 2.56. The molecule has 1 aromatic heterocycles. The molecule has 0 bridgehead atoms. The van der Waals surface area contributed by atoms with E-state index in [4.69, 9.17) is 17.3 Å². The predicted octanol–water partition coefficient (Wildman–Crippen LogP) is 4.02. The molecule has 0 saturated heterocycles. The van der Waals surface area contributed by atoms with Gasteiger partial charge in [0.1, 0.15) is 10.8 Å². The SMILES string of the molecule is C[C@@H]1CCc2c(sc(NC(=O)c3c(F)cccc3Cl)c2C(N)=O)C1. The van der Waals surface area contributed by atoms with E-state index in [-0.39, 0.29) is 10.6 Å². The standard InChI is InChI=1S/C17H16ClFN2O2S/c1-8-5-6-9-12(7-8)24-17(13(9)15(20)22)21-16(23)14-10(18)3-2-4-11(14)19/h2-4,8H,5-7H2,1H3,(H2,20,22)(H,21,23)/t8-/m1/s1. The van der Waals surface area contributed by atoms with Crippen molar-refractivity contribution in [1.29, 1.82) is 0 Å². The molecule has 1 atom stereocenters. The third-order valence-electron chi connectivity index (χ3n) is 4.17. The molecule has 24 heavy (non-hydrogen) atoms. The van der Waals surface area contributed by atoms with Gasteiger partial charge in [0.2, 0.25) is 0 Å². The van der Waals surface area contributed by atoms with Gasteiger partial charge in [-0.15, -0.1) is 11.3 Å². The summed E-state index contributed by atoms with van der Waals surface area (Å²) in [5.74, 6) is -1.47. The van der Waals surface area contributed by atoms with Gasteiger partial charge in [-0.3, -0.25) is 9.59 Å². The molecule has 1 aliphatic rings. The number of primary amides is 1. The number of anilines is 1. The Balaban J connectivity index is 1.98. The lowest BCUT2D eigenvalue weighted by Crippen LogP contribution is -2.20. The molecule has 3 rings (SSSR count). The largest absolute Gasteiger partial charge is 0.365 e. The number of hydrogen-bond acceptors (Lipinski definition) is 3. The highest BCUT2D eigenvalue weighted by molar-refractivity contribution is 7.17. The summed E-state index contributed by atoms with van der Waals surface area (Å²) in [6, 6.07) is 4.03. The van der Waals surface area contributed by atoms with E-state index in [1.807, 2.05) is 0 Å². The van der Waals surface area contributed by atoms with Gasteiger partial charge in [0.25, 0.3) is 11.8 Å². The second-order valence-electron chi connectivity index (χ2n) is 5.97. The van der Waals surface area contributed by atoms with Gasteiger partial charge in [-0.05, 0) is 42.9 Å². The highest BCUT2D eigenvalue weighted by Crippen LogP contribution is 2.39. The summed E-state index contributed by atoms with van der Waals surface area (Å²) in [5, 5.41) is 3.00. The first-order chi connectivity index (χ1) is 11.4. The first-order valence-corrected chi connectivity index (χ1v) is 8.77. The minimum atomic E-state index is -0.712. The topological polar surface area (TPSA) is 72.2 Å². The zero-order valence-corrected chi connectivity index (χ0v) is 14.6. The van der Waals surface area contributed by atoms with Crippen LogP contribution in [0.1, 0.15) is 44.5 Å². The number of halogens is 2. The normalized spacial score (nSPS) is 16.5. The molecule has 1 aromatic carbocycles. The number of nitrogens with two attached hydrogens (primary N) is 1. The number of benzene rings is 1. The van der Waals surface area contributed by atoms with Gasteiger partial charge in [0, 0.05) is 4.88 Å². The molecular formula is C17H16ClFN2O2S. The van der Waals surface area contributed by atoms with E-state index < -0.39 is 17.6 Å². The van der Waals surface area contributed by atoms with Crippen molar-refractivity contribution in [3.05, 3.63) is 50.6 Å². The minimum absolute atomic E-state index is 0.0167. The van der Waals surface area contributed by atoms with Crippen molar-refractivity contribution in [1.82, 2.24) is 0 Å². The van der Waals surface area contributed by atoms with E-state index in [2.05, 4.69) is 12.2 Å². The fourth-order valence-electron chi connectivity index (χ4n) is 2.98. The Kier molecular flexibility index (Phi) is 4.60. The van der Waals surface area contributed by atoms with E-state index >= 15 is 0 Å². The van der Waals surface area contributed by atoms with Crippen molar-refractivity contribution < 1.29 is 14.0 Å². The Bertz CT molecular complexity index is 814. The van der Waals surface area contributed by atoms with Gasteiger partial charge < -0.3 is 11.1 Å². The Hall–Kier alpha value is -1.92. The van der Waals surface area contributed by atoms with Crippen LogP contribution in [0.5, 0.6) is 0 Å². The second-order valence-corrected chi connectivity index (χ2v) is 7.48. The fourth-order valence-corrected chi connectivity index (χ4v) is 4.64. The van der Waals surface area contributed by atoms with Crippen molar-refractivity contribution in [2.45, 2.75) is 26.2 Å². The average molecular weight is 367 g/mol. The maximum absolute atomic E-state index is 13.9. The van der Waals surface area contributed by atoms with Gasteiger partial charge in [-0.25, -0.2) is 4.39 Å². The molecule has 1 heterocycles. The van der Waals surface area contributed by atoms with Crippen LogP contribution >= 0.6 is 22.9 Å². The minimum Gasteiger partial charge on any atom is -0.365 e. The van der Waals surface area contributed by atoms with Crippen LogP contribution in [0.4, 0.5) is 9.39 Å². The predicted molar refractivity (Wildman–Crippen MR) is 93.4 cm³/mol. The maximum Gasteiger partial charge on any atom is 0.260 e. The summed E-state index contributed by atoms with van der Waals surface area (Å²) < 4.78 is 13.9. The monoisotopic (exact) mass is 366 g/mol. The van der Waals surface area contributed by atoms with Crippen LogP contribution in [0.3, 0.4) is 0 Å². The van der Waals surface area contributed by atoms with E-state index in [9.17, 15) is 14.0 Å². The number of amides is 2. The number of hydrogen-bond donors (Lipinski definition) is 2. The van der Waals surface area contributed by atoms with Crippen molar-refractivity contribution in [3.8, 4) is 0 Å². The van der Waals surface area contributed by atoms with Crippen LogP contribution < -0.4 is 11.1 Å². The van der Waals surface area contributed by atoms with E-state index in [0.29, 0.717) is 16.5 Å². The van der Waals surface area contributed by atoms with Gasteiger partial charge in [-0.2, -0.15) is 0 Å². The molecule has 0 saturated carbocycles. The van der Waals surface area contributed by atoms with Crippen molar-refractivity contribution >= 4 is 39.8 Å². The maximum atomic E-state index is 13.9. The van der Waals surface area contributed by atoms with Crippen molar-refractivity contribution in [2.24, 2.45) is 11.7 Å². The Morgan fingerprint density at radius 2 is 2.12 bits per heavy atom. The number of carbonyl (C=O) groups excluding carboxylic acids is 2. The second kappa shape index (κ2) is 6.53. The lowest BCUT2D eigenvalue weighted by molar-refractivity contribution is 0.1000. The van der Waals surface area contributed by atoms with Crippen LogP contribution in [0.15, 0.2) is 18.2 Å². The lowest BCUT2D eigenvalue weighted by atomic mass is 9.88. The number of rotatable bonds is 3. The third kappa shape index (κ3) is 3.03. The Labute approximate surface area is 147 Å². The molecular weight excluding hydrogens is 351 g/mol. The van der Waals surface area contributed by atoms with Crippen LogP contribution in [-0.4, -0.2) is 11.8 Å². The summed E-state index contributed by atoms with van der Waals surface area (Å²) in [6.45, 7) is 2.14. The molecule has 0 radical (unpaired) electrons. The molecule has 4 nitrogen and oxygen atoms in total. The summed E-state index contributed by atoms with van der Waals surface area (Å²) in [5.41, 5.74) is 6.51. The molecule has 2 aromatic rings. The van der Waals surface area contributed by atoms with E-state index in [0.717, 1.165) is 35.8 Å². The molecule has 2 amide bonds. The van der Waals surface area contributed by atoms with Crippen molar-refractivity contribution in [3.63, 3.8) is 0 Å². The molecule has 0 aliphatic heterocycles. The smallest absolute Gasteiger partial charge is 0.260 e. The van der Waals surface area contributed by atoms with Crippen LogP contribution in [0, 0.1) is 11.7 Å². The number of thiophene rings is 1. The zero-order valence-electron chi connectivity index (χ0n) is 13.0. The van der Waals surface area contributed by atoms with Gasteiger partial charge in [-0.1, -0.05) is 24.6 Å². The molecule has 7 heteroatoms. The average Bonchev–Trinajstić information content (AvgIpc) is 2.83. The van der Waals surface area contributed by atoms with Gasteiger partial charge in [0.05, 0.1) is 16.1 Å². The third-order valence-corrected chi connectivity index (χ3v) is 5.66. The first-order valence-electron chi connectivity index (χ1n) is 7.58. The molecule has 0 spiro atoms. The summed E-state index contributed by atoms with van der Waals surface area (Å²) >= 11 is 7.25. The lowest BCUT2D eigenvalue weighted by Gasteiger charge is -2.18. The van der Waals surface area contributed by atoms with Gasteiger partial charge >= 0.3 is 0 Å². The Morgan fingerprint density at radius 3 is 2.79 bits per heavy atom. The molecule has 0 unspecified atom stereocenters. The summed E-state index contributed by atoms with van der Waals surface area (Å²) in [7, 11) is 0. The van der Waals surface area contributed by atoms with E-state index in [1.165, 1.54) is 23.5 Å². The van der Waals surface area contributed by atoms with E-state index in [1.54, 1.807) is 0 Å². The summed E-state index contributed by atoms with van der Waals surface area (Å²) in [4.78, 5) is 25.3. The Morgan fingerprint density at radius 1 is 1.38 bits per heavy atom. The fraction of sp³-hybridized carbons (Fsp3) is 0.294. The van der Waals surface area contributed by atoms with Crippen LogP contribution in [-0.2, 0) is 12.8 Å². The molecule has 3 N–H and O–H groups in total. The first kappa shape index (κ1) is 16.9. The highest BCUT2D eigenvalue weighted by atomic mass is 35.5. The quantitative estimate of drug-likeness (QED) is 0.861. The number of fused-ring (bicyclic) bond motifs is 1. The van der Waals surface area contributed by atoms with Crippen LogP contribution in [0.2, 0.25) is 5.02 Å². The van der Waals surface area contributed by atoms with Gasteiger partial charge in [0.15, 0.2) is 0 Å². The number of nitrogens with one attached hydrogen (secondary N) is 1. The molecule has 1 aliphatic carbocycles. The highest BCUT2D eigenvalue weighted by Gasteiger charge is 2.28. The van der Waals surface area contributed by atoms with Crippen molar-refractivity contribution in [2.75, 3.05) is 5.32 Å².